The Bertz CT molecular complexity index is 517. The predicted molar refractivity (Wildman–Crippen MR) is 66.5 cm³/mol. The Labute approximate surface area is 106 Å². The summed E-state index contributed by atoms with van der Waals surface area (Å²) in [7, 11) is 1.36. The van der Waals surface area contributed by atoms with Crippen molar-refractivity contribution in [1.82, 2.24) is 4.98 Å². The zero-order valence-electron chi connectivity index (χ0n) is 10.6. The van der Waals surface area contributed by atoms with E-state index < -0.39 is 0 Å². The standard InChI is InChI=1S/C14H15NO3/c1-9-7-12(14(16)17-3)10(2)18-13(9)11-5-4-6-15-8-11/h4-8,13H,1-3H3. The van der Waals surface area contributed by atoms with Crippen LogP contribution in [0.15, 0.2) is 47.5 Å². The van der Waals surface area contributed by atoms with Crippen LogP contribution >= 0.6 is 0 Å². The van der Waals surface area contributed by atoms with Gasteiger partial charge in [-0.05, 0) is 31.6 Å². The van der Waals surface area contributed by atoms with E-state index in [1.54, 1.807) is 19.3 Å². The summed E-state index contributed by atoms with van der Waals surface area (Å²) in [5, 5.41) is 0. The summed E-state index contributed by atoms with van der Waals surface area (Å²) < 4.78 is 10.5. The van der Waals surface area contributed by atoms with Gasteiger partial charge in [0.1, 0.15) is 11.9 Å². The zero-order valence-corrected chi connectivity index (χ0v) is 10.6. The number of pyridine rings is 1. The van der Waals surface area contributed by atoms with E-state index in [-0.39, 0.29) is 12.1 Å². The molecule has 2 rings (SSSR count). The number of ether oxygens (including phenoxy) is 2. The summed E-state index contributed by atoms with van der Waals surface area (Å²) in [4.78, 5) is 15.6. The Kier molecular flexibility index (Phi) is 3.46. The fourth-order valence-electron chi connectivity index (χ4n) is 1.91. The second kappa shape index (κ2) is 5.04. The average molecular weight is 245 g/mol. The smallest absolute Gasteiger partial charge is 0.341 e. The van der Waals surface area contributed by atoms with Crippen molar-refractivity contribution in [3.05, 3.63) is 53.1 Å². The van der Waals surface area contributed by atoms with Gasteiger partial charge in [0.15, 0.2) is 0 Å². The highest BCUT2D eigenvalue weighted by Gasteiger charge is 2.25. The van der Waals surface area contributed by atoms with Crippen molar-refractivity contribution in [2.45, 2.75) is 20.0 Å². The molecule has 0 amide bonds. The van der Waals surface area contributed by atoms with Crippen LogP contribution in [0, 0.1) is 0 Å². The Balaban J connectivity index is 2.31. The molecule has 0 saturated carbocycles. The number of hydrogen-bond donors (Lipinski definition) is 0. The van der Waals surface area contributed by atoms with Crippen molar-refractivity contribution in [3.8, 4) is 0 Å². The topological polar surface area (TPSA) is 48.4 Å². The molecule has 2 heterocycles. The third-order valence-corrected chi connectivity index (χ3v) is 2.85. The molecule has 1 atom stereocenters. The molecular formula is C14H15NO3. The summed E-state index contributed by atoms with van der Waals surface area (Å²) in [5.74, 6) is 0.192. The van der Waals surface area contributed by atoms with Crippen molar-refractivity contribution in [3.63, 3.8) is 0 Å². The summed E-state index contributed by atoms with van der Waals surface area (Å²) in [6, 6.07) is 3.81. The van der Waals surface area contributed by atoms with E-state index in [0.717, 1.165) is 11.1 Å². The molecule has 0 bridgehead atoms. The lowest BCUT2D eigenvalue weighted by Gasteiger charge is -2.25. The van der Waals surface area contributed by atoms with E-state index in [4.69, 9.17) is 9.47 Å². The largest absolute Gasteiger partial charge is 0.485 e. The summed E-state index contributed by atoms with van der Waals surface area (Å²) in [6.45, 7) is 3.69. The lowest BCUT2D eigenvalue weighted by atomic mass is 9.99. The van der Waals surface area contributed by atoms with Gasteiger partial charge in [-0.25, -0.2) is 4.79 Å². The predicted octanol–water partition coefficient (Wildman–Crippen LogP) is 2.55. The summed E-state index contributed by atoms with van der Waals surface area (Å²) in [5.41, 5.74) is 2.39. The fraction of sp³-hybridized carbons (Fsp3) is 0.286. The SMILES string of the molecule is COC(=O)C1=C(C)OC(c2cccnc2)C(C)=C1. The lowest BCUT2D eigenvalue weighted by Crippen LogP contribution is -2.16. The first-order valence-electron chi connectivity index (χ1n) is 5.67. The maximum atomic E-state index is 11.5. The van der Waals surface area contributed by atoms with Crippen LogP contribution in [0.3, 0.4) is 0 Å². The van der Waals surface area contributed by atoms with Crippen LogP contribution < -0.4 is 0 Å². The number of methoxy groups -OCH3 is 1. The van der Waals surface area contributed by atoms with Gasteiger partial charge in [-0.2, -0.15) is 0 Å². The molecule has 1 aromatic rings. The monoisotopic (exact) mass is 245 g/mol. The molecule has 0 spiro atoms. The van der Waals surface area contributed by atoms with Gasteiger partial charge >= 0.3 is 5.97 Å². The molecule has 94 valence electrons. The van der Waals surface area contributed by atoms with Crippen LogP contribution in [0.25, 0.3) is 0 Å². The first-order valence-corrected chi connectivity index (χ1v) is 5.67. The molecule has 0 fully saturated rings. The molecule has 1 aromatic heterocycles. The van der Waals surface area contributed by atoms with Crippen LogP contribution in [0.5, 0.6) is 0 Å². The van der Waals surface area contributed by atoms with Gasteiger partial charge in [-0.1, -0.05) is 6.07 Å². The number of carbonyl (C=O) groups excluding carboxylic acids is 1. The highest BCUT2D eigenvalue weighted by molar-refractivity contribution is 5.92. The van der Waals surface area contributed by atoms with Crippen LogP contribution in [0.2, 0.25) is 0 Å². The van der Waals surface area contributed by atoms with Gasteiger partial charge in [0.25, 0.3) is 0 Å². The Morgan fingerprint density at radius 1 is 1.44 bits per heavy atom. The van der Waals surface area contributed by atoms with Crippen LogP contribution in [-0.2, 0) is 14.3 Å². The Morgan fingerprint density at radius 2 is 2.22 bits per heavy atom. The number of rotatable bonds is 2. The number of hydrogen-bond acceptors (Lipinski definition) is 4. The second-order valence-electron chi connectivity index (χ2n) is 4.13. The molecule has 0 saturated heterocycles. The van der Waals surface area contributed by atoms with E-state index >= 15 is 0 Å². The van der Waals surface area contributed by atoms with E-state index in [1.807, 2.05) is 25.1 Å². The minimum absolute atomic E-state index is 0.188. The molecule has 1 unspecified atom stereocenters. The van der Waals surface area contributed by atoms with Crippen molar-refractivity contribution in [2.75, 3.05) is 7.11 Å². The van der Waals surface area contributed by atoms with Crippen molar-refractivity contribution >= 4 is 5.97 Å². The first-order chi connectivity index (χ1) is 8.63. The van der Waals surface area contributed by atoms with Crippen LogP contribution in [-0.4, -0.2) is 18.1 Å². The Hall–Kier alpha value is -2.10. The maximum Gasteiger partial charge on any atom is 0.341 e. The number of nitrogens with zero attached hydrogens (tertiary/aromatic N) is 1. The molecule has 1 aliphatic heterocycles. The van der Waals surface area contributed by atoms with Gasteiger partial charge in [-0.3, -0.25) is 4.98 Å². The fourth-order valence-corrected chi connectivity index (χ4v) is 1.91. The van der Waals surface area contributed by atoms with Gasteiger partial charge in [-0.15, -0.1) is 0 Å². The molecule has 0 radical (unpaired) electrons. The summed E-state index contributed by atoms with van der Waals surface area (Å²) in [6.07, 6.45) is 5.10. The first kappa shape index (κ1) is 12.4. The molecule has 4 nitrogen and oxygen atoms in total. The molecule has 0 aliphatic carbocycles. The summed E-state index contributed by atoms with van der Waals surface area (Å²) >= 11 is 0. The maximum absolute atomic E-state index is 11.5. The van der Waals surface area contributed by atoms with Crippen molar-refractivity contribution in [2.24, 2.45) is 0 Å². The Morgan fingerprint density at radius 3 is 2.83 bits per heavy atom. The van der Waals surface area contributed by atoms with Crippen molar-refractivity contribution in [1.29, 1.82) is 0 Å². The molecule has 4 heteroatoms. The van der Waals surface area contributed by atoms with E-state index in [1.165, 1.54) is 7.11 Å². The van der Waals surface area contributed by atoms with E-state index in [2.05, 4.69) is 4.98 Å². The number of carbonyl (C=O) groups is 1. The molecule has 0 N–H and O–H groups in total. The van der Waals surface area contributed by atoms with Crippen molar-refractivity contribution < 1.29 is 14.3 Å². The number of allylic oxidation sites excluding steroid dienone is 1. The van der Waals surface area contributed by atoms with Crippen LogP contribution in [0.4, 0.5) is 0 Å². The molecular weight excluding hydrogens is 230 g/mol. The minimum Gasteiger partial charge on any atom is -0.485 e. The normalized spacial score (nSPS) is 19.1. The van der Waals surface area contributed by atoms with Gasteiger partial charge in [0, 0.05) is 18.0 Å². The highest BCUT2D eigenvalue weighted by atomic mass is 16.5. The minimum atomic E-state index is -0.378. The van der Waals surface area contributed by atoms with E-state index in [9.17, 15) is 4.79 Å². The van der Waals surface area contributed by atoms with Gasteiger partial charge < -0.3 is 9.47 Å². The van der Waals surface area contributed by atoms with Gasteiger partial charge in [0.2, 0.25) is 0 Å². The average Bonchev–Trinajstić information content (AvgIpc) is 2.41. The molecule has 18 heavy (non-hydrogen) atoms. The van der Waals surface area contributed by atoms with E-state index in [0.29, 0.717) is 11.3 Å². The highest BCUT2D eigenvalue weighted by Crippen LogP contribution is 2.33. The quantitative estimate of drug-likeness (QED) is 0.751. The van der Waals surface area contributed by atoms with Gasteiger partial charge in [0.05, 0.1) is 12.7 Å². The zero-order chi connectivity index (χ0) is 13.1. The molecule has 1 aliphatic rings. The third kappa shape index (κ3) is 2.27. The molecule has 0 aromatic carbocycles. The second-order valence-corrected chi connectivity index (χ2v) is 4.13. The number of esters is 1. The number of aromatic nitrogens is 1. The third-order valence-electron chi connectivity index (χ3n) is 2.85. The van der Waals surface area contributed by atoms with Crippen LogP contribution in [0.1, 0.15) is 25.5 Å². The lowest BCUT2D eigenvalue weighted by molar-refractivity contribution is -0.136.